The molecular weight excluding hydrogens is 284 g/mol. The third-order valence-corrected chi connectivity index (χ3v) is 4.81. The molecule has 0 fully saturated rings. The standard InChI is InChI=1S/C13H9BrOS/c14-11-6-7-16-13(11)10-3-1-2-9-8(10)4-5-12(9)15/h1-3,6-7H,4-5H2. The first-order valence-corrected chi connectivity index (χ1v) is 6.83. The molecule has 80 valence electrons. The van der Waals surface area contributed by atoms with Gasteiger partial charge in [0.2, 0.25) is 0 Å². The molecule has 1 aliphatic rings. The van der Waals surface area contributed by atoms with Crippen LogP contribution in [0.25, 0.3) is 10.4 Å². The van der Waals surface area contributed by atoms with Crippen LogP contribution in [0.4, 0.5) is 0 Å². The maximum atomic E-state index is 11.7. The van der Waals surface area contributed by atoms with E-state index in [1.807, 2.05) is 12.1 Å². The van der Waals surface area contributed by atoms with Gasteiger partial charge in [-0.25, -0.2) is 0 Å². The maximum Gasteiger partial charge on any atom is 0.163 e. The molecule has 1 heterocycles. The largest absolute Gasteiger partial charge is 0.294 e. The van der Waals surface area contributed by atoms with Gasteiger partial charge in [-0.3, -0.25) is 4.79 Å². The van der Waals surface area contributed by atoms with E-state index >= 15 is 0 Å². The molecule has 3 heteroatoms. The highest BCUT2D eigenvalue weighted by molar-refractivity contribution is 9.10. The second kappa shape index (κ2) is 3.82. The fraction of sp³-hybridized carbons (Fsp3) is 0.154. The molecule has 16 heavy (non-hydrogen) atoms. The highest BCUT2D eigenvalue weighted by atomic mass is 79.9. The molecule has 0 aliphatic heterocycles. The lowest BCUT2D eigenvalue weighted by Gasteiger charge is -2.06. The van der Waals surface area contributed by atoms with Gasteiger partial charge in [-0.2, -0.15) is 0 Å². The van der Waals surface area contributed by atoms with Crippen molar-refractivity contribution in [1.29, 1.82) is 0 Å². The number of fused-ring (bicyclic) bond motifs is 1. The van der Waals surface area contributed by atoms with Crippen LogP contribution in [0.1, 0.15) is 22.3 Å². The van der Waals surface area contributed by atoms with Crippen LogP contribution in [-0.2, 0) is 6.42 Å². The summed E-state index contributed by atoms with van der Waals surface area (Å²) in [4.78, 5) is 12.9. The Hall–Kier alpha value is -0.930. The van der Waals surface area contributed by atoms with E-state index in [0.29, 0.717) is 6.42 Å². The second-order valence-corrected chi connectivity index (χ2v) is 5.62. The van der Waals surface area contributed by atoms with E-state index in [9.17, 15) is 4.79 Å². The molecule has 3 rings (SSSR count). The Morgan fingerprint density at radius 2 is 1.94 bits per heavy atom. The van der Waals surface area contributed by atoms with Crippen molar-refractivity contribution in [2.75, 3.05) is 0 Å². The Morgan fingerprint density at radius 1 is 1.12 bits per heavy atom. The summed E-state index contributed by atoms with van der Waals surface area (Å²) < 4.78 is 1.12. The summed E-state index contributed by atoms with van der Waals surface area (Å²) in [7, 11) is 0. The summed E-state index contributed by atoms with van der Waals surface area (Å²) in [5.74, 6) is 0.282. The molecule has 0 saturated heterocycles. The highest BCUT2D eigenvalue weighted by Gasteiger charge is 2.23. The highest BCUT2D eigenvalue weighted by Crippen LogP contribution is 2.39. The van der Waals surface area contributed by atoms with Crippen molar-refractivity contribution in [1.82, 2.24) is 0 Å². The first-order valence-electron chi connectivity index (χ1n) is 5.16. The van der Waals surface area contributed by atoms with Crippen LogP contribution in [0.5, 0.6) is 0 Å². The molecule has 0 unspecified atom stereocenters. The molecule has 1 aliphatic carbocycles. The van der Waals surface area contributed by atoms with E-state index < -0.39 is 0 Å². The Balaban J connectivity index is 2.24. The molecule has 0 bridgehead atoms. The molecule has 0 amide bonds. The van der Waals surface area contributed by atoms with Crippen molar-refractivity contribution in [3.8, 4) is 10.4 Å². The maximum absolute atomic E-state index is 11.7. The van der Waals surface area contributed by atoms with E-state index in [0.717, 1.165) is 16.5 Å². The van der Waals surface area contributed by atoms with Crippen molar-refractivity contribution in [3.05, 3.63) is 45.2 Å². The summed E-state index contributed by atoms with van der Waals surface area (Å²) in [6.45, 7) is 0. The average Bonchev–Trinajstić information content (AvgIpc) is 2.86. The average molecular weight is 293 g/mol. The minimum Gasteiger partial charge on any atom is -0.294 e. The van der Waals surface area contributed by atoms with Gasteiger partial charge >= 0.3 is 0 Å². The molecule has 1 aromatic carbocycles. The molecule has 1 nitrogen and oxygen atoms in total. The van der Waals surface area contributed by atoms with Crippen LogP contribution in [0, 0.1) is 0 Å². The van der Waals surface area contributed by atoms with Gasteiger partial charge < -0.3 is 0 Å². The minimum absolute atomic E-state index is 0.282. The smallest absolute Gasteiger partial charge is 0.163 e. The molecular formula is C13H9BrOS. The first-order chi connectivity index (χ1) is 7.77. The first kappa shape index (κ1) is 10.2. The minimum atomic E-state index is 0.282. The third kappa shape index (κ3) is 1.46. The normalized spacial score (nSPS) is 14.2. The zero-order chi connectivity index (χ0) is 11.1. The lowest BCUT2D eigenvalue weighted by Crippen LogP contribution is -1.91. The van der Waals surface area contributed by atoms with Crippen molar-refractivity contribution >= 4 is 33.0 Å². The summed E-state index contributed by atoms with van der Waals surface area (Å²) in [6, 6.07) is 8.07. The second-order valence-electron chi connectivity index (χ2n) is 3.85. The van der Waals surface area contributed by atoms with Crippen molar-refractivity contribution in [3.63, 3.8) is 0 Å². The summed E-state index contributed by atoms with van der Waals surface area (Å²) >= 11 is 5.26. The number of hydrogen-bond donors (Lipinski definition) is 0. The van der Waals surface area contributed by atoms with Gasteiger partial charge in [0.15, 0.2) is 5.78 Å². The lowest BCUT2D eigenvalue weighted by molar-refractivity contribution is 0.0994. The molecule has 0 N–H and O–H groups in total. The molecule has 0 spiro atoms. The van der Waals surface area contributed by atoms with Gasteiger partial charge in [0, 0.05) is 21.3 Å². The van der Waals surface area contributed by atoms with Crippen molar-refractivity contribution in [2.24, 2.45) is 0 Å². The van der Waals surface area contributed by atoms with Crippen molar-refractivity contribution < 1.29 is 4.79 Å². The van der Waals surface area contributed by atoms with Crippen LogP contribution in [0.2, 0.25) is 0 Å². The Labute approximate surface area is 106 Å². The van der Waals surface area contributed by atoms with Crippen molar-refractivity contribution in [2.45, 2.75) is 12.8 Å². The van der Waals surface area contributed by atoms with Gasteiger partial charge in [-0.15, -0.1) is 11.3 Å². The third-order valence-electron chi connectivity index (χ3n) is 2.94. The van der Waals surface area contributed by atoms with Crippen LogP contribution in [-0.4, -0.2) is 5.78 Å². The monoisotopic (exact) mass is 292 g/mol. The number of carbonyl (C=O) groups is 1. The summed E-state index contributed by atoms with van der Waals surface area (Å²) in [5, 5.41) is 2.07. The number of ketones is 1. The quantitative estimate of drug-likeness (QED) is 0.766. The van der Waals surface area contributed by atoms with E-state index in [4.69, 9.17) is 0 Å². The predicted octanol–water partition coefficient (Wildman–Crippen LogP) is 4.31. The lowest BCUT2D eigenvalue weighted by atomic mass is 10.0. The van der Waals surface area contributed by atoms with Crippen LogP contribution < -0.4 is 0 Å². The molecule has 2 aromatic rings. The van der Waals surface area contributed by atoms with Crippen LogP contribution in [0.3, 0.4) is 0 Å². The van der Waals surface area contributed by atoms with Gasteiger partial charge in [-0.05, 0) is 44.9 Å². The number of benzene rings is 1. The van der Waals surface area contributed by atoms with Gasteiger partial charge in [0.05, 0.1) is 0 Å². The van der Waals surface area contributed by atoms with Gasteiger partial charge in [-0.1, -0.05) is 18.2 Å². The van der Waals surface area contributed by atoms with E-state index in [-0.39, 0.29) is 5.78 Å². The predicted molar refractivity (Wildman–Crippen MR) is 70.1 cm³/mol. The topological polar surface area (TPSA) is 17.1 Å². The summed E-state index contributed by atoms with van der Waals surface area (Å²) in [5.41, 5.74) is 3.35. The summed E-state index contributed by atoms with van der Waals surface area (Å²) in [6.07, 6.45) is 1.55. The van der Waals surface area contributed by atoms with E-state index in [1.54, 1.807) is 11.3 Å². The fourth-order valence-electron chi connectivity index (χ4n) is 2.19. The zero-order valence-corrected chi connectivity index (χ0v) is 10.9. The van der Waals surface area contributed by atoms with Crippen LogP contribution >= 0.6 is 27.3 Å². The van der Waals surface area contributed by atoms with Crippen LogP contribution in [0.15, 0.2) is 34.1 Å². The number of rotatable bonds is 1. The Bertz CT molecular complexity index is 571. The van der Waals surface area contributed by atoms with Gasteiger partial charge in [0.25, 0.3) is 0 Å². The zero-order valence-electron chi connectivity index (χ0n) is 8.50. The Morgan fingerprint density at radius 3 is 2.69 bits per heavy atom. The number of hydrogen-bond acceptors (Lipinski definition) is 2. The fourth-order valence-corrected chi connectivity index (χ4v) is 3.83. The molecule has 0 radical (unpaired) electrons. The number of carbonyl (C=O) groups excluding carboxylic acids is 1. The van der Waals surface area contributed by atoms with E-state index in [2.05, 4.69) is 33.4 Å². The SMILES string of the molecule is O=C1CCc2c1cccc2-c1sccc1Br. The number of thiophene rings is 1. The molecule has 0 atom stereocenters. The Kier molecular flexibility index (Phi) is 2.45. The molecule has 0 saturated carbocycles. The molecule has 1 aromatic heterocycles. The number of Topliss-reactive ketones (excluding diaryl/α,β-unsaturated/α-hetero) is 1. The van der Waals surface area contributed by atoms with Gasteiger partial charge in [0.1, 0.15) is 0 Å². The van der Waals surface area contributed by atoms with E-state index in [1.165, 1.54) is 16.0 Å². The number of halogens is 1.